The van der Waals surface area contributed by atoms with Gasteiger partial charge in [0.15, 0.2) is 0 Å². The van der Waals surface area contributed by atoms with Gasteiger partial charge in [-0.2, -0.15) is 0 Å². The predicted molar refractivity (Wildman–Crippen MR) is 93.6 cm³/mol. The van der Waals surface area contributed by atoms with Gasteiger partial charge in [-0.15, -0.1) is 11.3 Å². The zero-order valence-corrected chi connectivity index (χ0v) is 14.8. The highest BCUT2D eigenvalue weighted by atomic mass is 32.1. The van der Waals surface area contributed by atoms with Crippen LogP contribution in [0.5, 0.6) is 5.75 Å². The van der Waals surface area contributed by atoms with Gasteiger partial charge in [0.25, 0.3) is 5.91 Å². The number of hydrogen-bond donors (Lipinski definition) is 1. The van der Waals surface area contributed by atoms with Gasteiger partial charge in [0, 0.05) is 24.6 Å². The van der Waals surface area contributed by atoms with Gasteiger partial charge in [0.1, 0.15) is 10.6 Å². The van der Waals surface area contributed by atoms with E-state index in [9.17, 15) is 4.79 Å². The van der Waals surface area contributed by atoms with E-state index in [0.29, 0.717) is 23.9 Å². The lowest BCUT2D eigenvalue weighted by molar-refractivity contribution is 0.0954. The van der Waals surface area contributed by atoms with E-state index in [1.165, 1.54) is 11.3 Å². The van der Waals surface area contributed by atoms with E-state index in [0.717, 1.165) is 42.2 Å². The number of aryl methyl sites for hydroxylation is 2. The van der Waals surface area contributed by atoms with Gasteiger partial charge in [0.2, 0.25) is 0 Å². The van der Waals surface area contributed by atoms with E-state index in [-0.39, 0.29) is 5.91 Å². The summed E-state index contributed by atoms with van der Waals surface area (Å²) in [6, 6.07) is 6.07. The average Bonchev–Trinajstić information content (AvgIpc) is 3.23. The van der Waals surface area contributed by atoms with Crippen molar-refractivity contribution in [3.05, 3.63) is 45.4 Å². The summed E-state index contributed by atoms with van der Waals surface area (Å²) in [6.45, 7) is 6.55. The molecule has 1 aromatic carbocycles. The number of hydrogen-bond acceptors (Lipinski definition) is 5. The van der Waals surface area contributed by atoms with E-state index < -0.39 is 0 Å². The Morgan fingerprint density at radius 2 is 2.33 bits per heavy atom. The molecule has 2 heterocycles. The van der Waals surface area contributed by atoms with Crippen LogP contribution in [0.1, 0.15) is 32.9 Å². The van der Waals surface area contributed by atoms with Gasteiger partial charge in [0.05, 0.1) is 24.4 Å². The maximum absolute atomic E-state index is 12.2. The molecule has 1 fully saturated rings. The van der Waals surface area contributed by atoms with Gasteiger partial charge >= 0.3 is 0 Å². The SMILES string of the molecule is Cc1ccc(CNC(=O)c2scnc2C)c(OCC2CCOC2)c1. The van der Waals surface area contributed by atoms with Crippen molar-refractivity contribution in [2.75, 3.05) is 19.8 Å². The second kappa shape index (κ2) is 7.77. The van der Waals surface area contributed by atoms with Crippen molar-refractivity contribution in [2.45, 2.75) is 26.8 Å². The molecule has 3 rings (SSSR count). The number of carbonyl (C=O) groups excluding carboxylic acids is 1. The molecule has 1 saturated heterocycles. The highest BCUT2D eigenvalue weighted by Crippen LogP contribution is 2.23. The number of ether oxygens (including phenoxy) is 2. The van der Waals surface area contributed by atoms with Crippen LogP contribution in [0.2, 0.25) is 0 Å². The van der Waals surface area contributed by atoms with Crippen LogP contribution in [0.3, 0.4) is 0 Å². The predicted octanol–water partition coefficient (Wildman–Crippen LogP) is 3.11. The molecular weight excluding hydrogens is 324 g/mol. The topological polar surface area (TPSA) is 60.5 Å². The van der Waals surface area contributed by atoms with E-state index in [1.807, 2.05) is 32.0 Å². The fourth-order valence-corrected chi connectivity index (χ4v) is 3.36. The Hall–Kier alpha value is -1.92. The molecule has 1 aliphatic rings. The number of rotatable bonds is 6. The molecule has 0 spiro atoms. The zero-order valence-electron chi connectivity index (χ0n) is 14.0. The molecule has 128 valence electrons. The largest absolute Gasteiger partial charge is 0.493 e. The first-order valence-corrected chi connectivity index (χ1v) is 9.00. The minimum absolute atomic E-state index is 0.0919. The first kappa shape index (κ1) is 16.9. The van der Waals surface area contributed by atoms with Gasteiger partial charge in [-0.3, -0.25) is 4.79 Å². The molecule has 0 radical (unpaired) electrons. The monoisotopic (exact) mass is 346 g/mol. The molecule has 1 N–H and O–H groups in total. The molecule has 2 aromatic rings. The lowest BCUT2D eigenvalue weighted by Gasteiger charge is -2.15. The fourth-order valence-electron chi connectivity index (χ4n) is 2.64. The molecular formula is C18H22N2O3S. The number of nitrogens with one attached hydrogen (secondary N) is 1. The van der Waals surface area contributed by atoms with Crippen LogP contribution in [0, 0.1) is 19.8 Å². The Labute approximate surface area is 146 Å². The lowest BCUT2D eigenvalue weighted by atomic mass is 10.1. The lowest BCUT2D eigenvalue weighted by Crippen LogP contribution is -2.23. The molecule has 1 aromatic heterocycles. The summed E-state index contributed by atoms with van der Waals surface area (Å²) < 4.78 is 11.4. The van der Waals surface area contributed by atoms with E-state index >= 15 is 0 Å². The Balaban J connectivity index is 1.63. The Morgan fingerprint density at radius 1 is 1.46 bits per heavy atom. The number of thiazole rings is 1. The average molecular weight is 346 g/mol. The van der Waals surface area contributed by atoms with Crippen LogP contribution in [0.4, 0.5) is 0 Å². The molecule has 0 bridgehead atoms. The van der Waals surface area contributed by atoms with Gasteiger partial charge < -0.3 is 14.8 Å². The molecule has 1 amide bonds. The van der Waals surface area contributed by atoms with Crippen LogP contribution in [0.15, 0.2) is 23.7 Å². The van der Waals surface area contributed by atoms with Crippen LogP contribution in [0.25, 0.3) is 0 Å². The summed E-state index contributed by atoms with van der Waals surface area (Å²) in [7, 11) is 0. The summed E-state index contributed by atoms with van der Waals surface area (Å²) >= 11 is 1.36. The maximum atomic E-state index is 12.2. The van der Waals surface area contributed by atoms with Crippen molar-refractivity contribution in [1.29, 1.82) is 0 Å². The van der Waals surface area contributed by atoms with E-state index in [1.54, 1.807) is 5.51 Å². The van der Waals surface area contributed by atoms with Crippen molar-refractivity contribution < 1.29 is 14.3 Å². The third-order valence-electron chi connectivity index (χ3n) is 4.11. The molecule has 1 atom stereocenters. The number of carbonyl (C=O) groups is 1. The van der Waals surface area contributed by atoms with E-state index in [4.69, 9.17) is 9.47 Å². The minimum atomic E-state index is -0.0919. The fraction of sp³-hybridized carbons (Fsp3) is 0.444. The number of nitrogens with zero attached hydrogens (tertiary/aromatic N) is 1. The molecule has 1 aliphatic heterocycles. The number of amides is 1. The number of aromatic nitrogens is 1. The molecule has 1 unspecified atom stereocenters. The van der Waals surface area contributed by atoms with Gasteiger partial charge in [-0.1, -0.05) is 12.1 Å². The van der Waals surface area contributed by atoms with Crippen LogP contribution >= 0.6 is 11.3 Å². The molecule has 0 saturated carbocycles. The third kappa shape index (κ3) is 4.13. The van der Waals surface area contributed by atoms with Gasteiger partial charge in [-0.05, 0) is 31.9 Å². The standard InChI is InChI=1S/C18H22N2O3S/c1-12-3-4-15(8-19-18(21)17-13(2)20-11-24-17)16(7-12)23-10-14-5-6-22-9-14/h3-4,7,11,14H,5-6,8-10H2,1-2H3,(H,19,21). The van der Waals surface area contributed by atoms with E-state index in [2.05, 4.69) is 10.3 Å². The van der Waals surface area contributed by atoms with Crippen molar-refractivity contribution in [3.8, 4) is 5.75 Å². The maximum Gasteiger partial charge on any atom is 0.263 e. The second-order valence-electron chi connectivity index (χ2n) is 6.10. The Morgan fingerprint density at radius 3 is 3.04 bits per heavy atom. The van der Waals surface area contributed by atoms with Crippen molar-refractivity contribution >= 4 is 17.2 Å². The summed E-state index contributed by atoms with van der Waals surface area (Å²) in [5.74, 6) is 1.20. The van der Waals surface area contributed by atoms with Crippen LogP contribution < -0.4 is 10.1 Å². The highest BCUT2D eigenvalue weighted by molar-refractivity contribution is 7.11. The molecule has 24 heavy (non-hydrogen) atoms. The first-order chi connectivity index (χ1) is 11.6. The Bertz CT molecular complexity index is 708. The van der Waals surface area contributed by atoms with Gasteiger partial charge in [-0.25, -0.2) is 4.98 Å². The van der Waals surface area contributed by atoms with Crippen molar-refractivity contribution in [3.63, 3.8) is 0 Å². The molecule has 0 aliphatic carbocycles. The van der Waals surface area contributed by atoms with Crippen LogP contribution in [-0.4, -0.2) is 30.7 Å². The second-order valence-corrected chi connectivity index (χ2v) is 6.96. The van der Waals surface area contributed by atoms with Crippen molar-refractivity contribution in [1.82, 2.24) is 10.3 Å². The Kier molecular flexibility index (Phi) is 5.48. The molecule has 6 heteroatoms. The van der Waals surface area contributed by atoms with Crippen molar-refractivity contribution in [2.24, 2.45) is 5.92 Å². The summed E-state index contributed by atoms with van der Waals surface area (Å²) in [6.07, 6.45) is 1.04. The first-order valence-electron chi connectivity index (χ1n) is 8.12. The summed E-state index contributed by atoms with van der Waals surface area (Å²) in [5, 5.41) is 2.96. The number of benzene rings is 1. The smallest absolute Gasteiger partial charge is 0.263 e. The minimum Gasteiger partial charge on any atom is -0.493 e. The summed E-state index contributed by atoms with van der Waals surface area (Å²) in [4.78, 5) is 17.0. The summed E-state index contributed by atoms with van der Waals surface area (Å²) in [5.41, 5.74) is 4.57. The molecule has 5 nitrogen and oxygen atoms in total. The third-order valence-corrected chi connectivity index (χ3v) is 5.04. The normalized spacial score (nSPS) is 17.0. The zero-order chi connectivity index (χ0) is 16.9. The quantitative estimate of drug-likeness (QED) is 0.873. The van der Waals surface area contributed by atoms with Crippen LogP contribution in [-0.2, 0) is 11.3 Å². The highest BCUT2D eigenvalue weighted by Gasteiger charge is 2.17.